The number of nitrogens with zero attached hydrogens (tertiary/aromatic N) is 4. The van der Waals surface area contributed by atoms with E-state index < -0.39 is 0 Å². The zero-order valence-electron chi connectivity index (χ0n) is 17.2. The first-order valence-corrected chi connectivity index (χ1v) is 9.76. The van der Waals surface area contributed by atoms with Gasteiger partial charge in [0.2, 0.25) is 0 Å². The molecule has 0 unspecified atom stereocenters. The fourth-order valence-electron chi connectivity index (χ4n) is 3.27. The van der Waals surface area contributed by atoms with Gasteiger partial charge in [-0.1, -0.05) is 23.4 Å². The molecule has 7 nitrogen and oxygen atoms in total. The SMILES string of the molecule is O=C1c2ccccc2C(=O)N1CO/N=C/c1cc[n+](CCC[n+]2ccccc2)cc1.[Br-].[Br-]. The van der Waals surface area contributed by atoms with Gasteiger partial charge in [0.15, 0.2) is 44.6 Å². The second-order valence-electron chi connectivity index (χ2n) is 6.91. The molecule has 9 heteroatoms. The topological polar surface area (TPSA) is 66.7 Å². The summed E-state index contributed by atoms with van der Waals surface area (Å²) in [5.41, 5.74) is 1.66. The monoisotopic (exact) mass is 560 g/mol. The highest BCUT2D eigenvalue weighted by molar-refractivity contribution is 6.21. The largest absolute Gasteiger partial charge is 1.00 e. The molecule has 0 radical (unpaired) electrons. The maximum Gasteiger partial charge on any atom is 0.264 e. The normalized spacial score (nSPS) is 12.3. The van der Waals surface area contributed by atoms with Crippen molar-refractivity contribution in [1.29, 1.82) is 0 Å². The number of imide groups is 1. The summed E-state index contributed by atoms with van der Waals surface area (Å²) < 4.78 is 4.27. The highest BCUT2D eigenvalue weighted by Gasteiger charge is 2.35. The molecule has 3 aromatic rings. The number of benzene rings is 1. The third kappa shape index (κ3) is 6.08. The van der Waals surface area contributed by atoms with Crippen LogP contribution in [0.15, 0.2) is 84.5 Å². The van der Waals surface area contributed by atoms with Crippen LogP contribution < -0.4 is 43.1 Å². The van der Waals surface area contributed by atoms with Crippen LogP contribution in [0.4, 0.5) is 0 Å². The molecule has 3 heterocycles. The van der Waals surface area contributed by atoms with E-state index in [1.807, 2.05) is 42.7 Å². The Kier molecular flexibility index (Phi) is 9.67. The maximum absolute atomic E-state index is 12.3. The summed E-state index contributed by atoms with van der Waals surface area (Å²) in [6, 6.07) is 16.7. The predicted molar refractivity (Wildman–Crippen MR) is 108 cm³/mol. The third-order valence-corrected chi connectivity index (χ3v) is 4.87. The summed E-state index contributed by atoms with van der Waals surface area (Å²) in [5, 5.41) is 3.88. The van der Waals surface area contributed by atoms with Gasteiger partial charge in [0.05, 0.1) is 23.8 Å². The molecule has 0 saturated heterocycles. The van der Waals surface area contributed by atoms with Crippen LogP contribution in [-0.2, 0) is 17.9 Å². The molecular weight excluding hydrogens is 540 g/mol. The van der Waals surface area contributed by atoms with Crippen LogP contribution in [0.2, 0.25) is 0 Å². The van der Waals surface area contributed by atoms with Gasteiger partial charge in [0, 0.05) is 29.8 Å². The van der Waals surface area contributed by atoms with Gasteiger partial charge < -0.3 is 38.8 Å². The Morgan fingerprint density at radius 3 is 1.94 bits per heavy atom. The minimum atomic E-state index is -0.361. The van der Waals surface area contributed by atoms with Gasteiger partial charge in [-0.25, -0.2) is 14.0 Å². The number of carbonyl (C=O) groups excluding carboxylic acids is 2. The Morgan fingerprint density at radius 2 is 1.34 bits per heavy atom. The molecule has 0 atom stereocenters. The van der Waals surface area contributed by atoms with E-state index in [4.69, 9.17) is 4.84 Å². The quantitative estimate of drug-likeness (QED) is 0.122. The Labute approximate surface area is 207 Å². The summed E-state index contributed by atoms with van der Waals surface area (Å²) in [7, 11) is 0. The first kappa shape index (κ1) is 25.4. The molecule has 2 aromatic heterocycles. The smallest absolute Gasteiger partial charge is 0.264 e. The number of fused-ring (bicyclic) bond motifs is 1. The fourth-order valence-corrected chi connectivity index (χ4v) is 3.27. The second kappa shape index (κ2) is 12.2. The summed E-state index contributed by atoms with van der Waals surface area (Å²) in [6.07, 6.45) is 10.7. The lowest BCUT2D eigenvalue weighted by atomic mass is 10.1. The van der Waals surface area contributed by atoms with E-state index in [1.54, 1.807) is 30.5 Å². The van der Waals surface area contributed by atoms with Crippen LogP contribution >= 0.6 is 0 Å². The molecule has 1 aliphatic rings. The van der Waals surface area contributed by atoms with E-state index in [1.165, 1.54) is 0 Å². The highest BCUT2D eigenvalue weighted by Crippen LogP contribution is 2.21. The Bertz CT molecular complexity index is 1040. The number of aryl methyl sites for hydroxylation is 2. The van der Waals surface area contributed by atoms with E-state index in [0.717, 1.165) is 30.0 Å². The summed E-state index contributed by atoms with van der Waals surface area (Å²) in [6.45, 7) is 1.66. The van der Waals surface area contributed by atoms with Gasteiger partial charge in [-0.15, -0.1) is 0 Å². The molecule has 1 aromatic carbocycles. The van der Waals surface area contributed by atoms with Crippen molar-refractivity contribution in [2.45, 2.75) is 19.5 Å². The van der Waals surface area contributed by atoms with Gasteiger partial charge in [0.25, 0.3) is 11.8 Å². The van der Waals surface area contributed by atoms with Crippen LogP contribution in [0.1, 0.15) is 32.7 Å². The standard InChI is InChI=1S/C23H22N4O3.2BrH/c28-22-20-7-2-3-8-21(20)23(29)27(22)18-30-24-17-19-9-15-26(16-10-19)14-6-13-25-11-4-1-5-12-25;;/h1-5,7-12,15-17H,6,13-14,18H2;2*1H/q+2;;/p-2/b24-17+;;. The van der Waals surface area contributed by atoms with Crippen molar-refractivity contribution in [2.24, 2.45) is 5.16 Å². The van der Waals surface area contributed by atoms with E-state index in [-0.39, 0.29) is 52.5 Å². The Hall–Kier alpha value is -2.91. The van der Waals surface area contributed by atoms with Crippen LogP contribution in [0.25, 0.3) is 0 Å². The zero-order valence-corrected chi connectivity index (χ0v) is 20.4. The lowest BCUT2D eigenvalue weighted by molar-refractivity contribution is -0.726. The number of rotatable bonds is 8. The maximum atomic E-state index is 12.3. The third-order valence-electron chi connectivity index (χ3n) is 4.87. The van der Waals surface area contributed by atoms with Crippen molar-refractivity contribution in [3.8, 4) is 0 Å². The van der Waals surface area contributed by atoms with E-state index in [9.17, 15) is 9.59 Å². The van der Waals surface area contributed by atoms with Gasteiger partial charge in [-0.3, -0.25) is 9.59 Å². The number of hydrogen-bond donors (Lipinski definition) is 0. The van der Waals surface area contributed by atoms with Crippen molar-refractivity contribution < 1.29 is 57.5 Å². The predicted octanol–water partition coefficient (Wildman–Crippen LogP) is -4.04. The van der Waals surface area contributed by atoms with Crippen LogP contribution in [-0.4, -0.2) is 29.7 Å². The average Bonchev–Trinajstić information content (AvgIpc) is 3.03. The number of pyridine rings is 2. The molecule has 0 spiro atoms. The van der Waals surface area contributed by atoms with Gasteiger partial charge in [-0.2, -0.15) is 0 Å². The van der Waals surface area contributed by atoms with E-state index >= 15 is 0 Å². The molecule has 0 N–H and O–H groups in total. The lowest BCUT2D eigenvalue weighted by Crippen LogP contribution is -3.00. The number of aromatic nitrogens is 2. The summed E-state index contributed by atoms with van der Waals surface area (Å²) in [4.78, 5) is 30.7. The number of hydrogen-bond acceptors (Lipinski definition) is 4. The first-order chi connectivity index (χ1) is 14.7. The molecule has 32 heavy (non-hydrogen) atoms. The molecule has 0 fully saturated rings. The van der Waals surface area contributed by atoms with Crippen LogP contribution in [0.3, 0.4) is 0 Å². The average molecular weight is 562 g/mol. The van der Waals surface area contributed by atoms with Gasteiger partial charge in [-0.05, 0) is 12.1 Å². The lowest BCUT2D eigenvalue weighted by Gasteiger charge is -2.11. The highest BCUT2D eigenvalue weighted by atomic mass is 79.9. The van der Waals surface area contributed by atoms with Crippen LogP contribution in [0, 0.1) is 0 Å². The first-order valence-electron chi connectivity index (χ1n) is 9.76. The minimum absolute atomic E-state index is 0. The number of halogens is 2. The van der Waals surface area contributed by atoms with Crippen LogP contribution in [0.5, 0.6) is 0 Å². The molecule has 0 bridgehead atoms. The number of amides is 2. The van der Waals surface area contributed by atoms with Crippen molar-refractivity contribution in [3.05, 3.63) is 96.1 Å². The van der Waals surface area contributed by atoms with Crippen molar-refractivity contribution in [3.63, 3.8) is 0 Å². The number of oxime groups is 1. The van der Waals surface area contributed by atoms with Gasteiger partial charge in [0.1, 0.15) is 0 Å². The second-order valence-corrected chi connectivity index (χ2v) is 6.91. The van der Waals surface area contributed by atoms with E-state index in [2.05, 4.69) is 26.7 Å². The fraction of sp³-hybridized carbons (Fsp3) is 0.174. The van der Waals surface area contributed by atoms with E-state index in [0.29, 0.717) is 11.1 Å². The molecule has 1 aliphatic heterocycles. The van der Waals surface area contributed by atoms with Crippen molar-refractivity contribution in [1.82, 2.24) is 4.90 Å². The van der Waals surface area contributed by atoms with Gasteiger partial charge >= 0.3 is 0 Å². The summed E-state index contributed by atoms with van der Waals surface area (Å²) >= 11 is 0. The minimum Gasteiger partial charge on any atom is -1.00 e. The Balaban J connectivity index is 0.00000181. The van der Waals surface area contributed by atoms with Crippen molar-refractivity contribution in [2.75, 3.05) is 6.73 Å². The van der Waals surface area contributed by atoms with Crippen molar-refractivity contribution >= 4 is 18.0 Å². The molecule has 2 amide bonds. The molecular formula is C23H22Br2N4O3. The molecule has 0 saturated carbocycles. The zero-order chi connectivity index (χ0) is 20.8. The summed E-state index contributed by atoms with van der Waals surface area (Å²) in [5.74, 6) is -0.722. The molecule has 0 aliphatic carbocycles. The molecule has 166 valence electrons. The number of carbonyl (C=O) groups is 2. The molecule has 4 rings (SSSR count). The Morgan fingerprint density at radius 1 is 0.781 bits per heavy atom.